The Balaban J connectivity index is 2.16. The molecular weight excluding hydrogens is 466 g/mol. The number of thioether (sulfide) groups is 1. The average molecular weight is 508 g/mol. The van der Waals surface area contributed by atoms with Crippen LogP contribution in [0.4, 0.5) is 9.59 Å². The fourth-order valence-corrected chi connectivity index (χ4v) is 5.02. The van der Waals surface area contributed by atoms with E-state index in [1.54, 1.807) is 9.80 Å². The molecule has 1 aromatic rings. The van der Waals surface area contributed by atoms with Crippen molar-refractivity contribution in [1.82, 2.24) is 9.80 Å². The second kappa shape index (κ2) is 13.6. The van der Waals surface area contributed by atoms with Crippen molar-refractivity contribution in [3.05, 3.63) is 35.9 Å². The molecule has 2 rings (SSSR count). The van der Waals surface area contributed by atoms with Gasteiger partial charge < -0.3 is 25.0 Å². The van der Waals surface area contributed by atoms with Crippen LogP contribution >= 0.6 is 11.8 Å². The monoisotopic (exact) mass is 507 g/mol. The molecule has 1 fully saturated rings. The zero-order valence-electron chi connectivity index (χ0n) is 21.7. The predicted octanol–water partition coefficient (Wildman–Crippen LogP) is 4.66. The molecule has 0 saturated carbocycles. The molecule has 35 heavy (non-hydrogen) atoms. The van der Waals surface area contributed by atoms with E-state index in [-0.39, 0.29) is 36.4 Å². The minimum absolute atomic E-state index is 0.156. The minimum atomic E-state index is -0.651. The van der Waals surface area contributed by atoms with E-state index in [0.717, 1.165) is 24.8 Å². The van der Waals surface area contributed by atoms with Crippen molar-refractivity contribution >= 4 is 29.9 Å². The lowest BCUT2D eigenvalue weighted by atomic mass is 10.0. The highest BCUT2D eigenvalue weighted by Crippen LogP contribution is 2.25. The Labute approximate surface area is 213 Å². The van der Waals surface area contributed by atoms with Gasteiger partial charge in [0.15, 0.2) is 0 Å². The number of nitrogens with two attached hydrogens (primary N) is 1. The summed E-state index contributed by atoms with van der Waals surface area (Å²) in [5.74, 6) is 0.698. The number of ether oxygens (including phenoxy) is 2. The van der Waals surface area contributed by atoms with Crippen LogP contribution < -0.4 is 5.73 Å². The van der Waals surface area contributed by atoms with Crippen LogP contribution in [0.3, 0.4) is 0 Å². The van der Waals surface area contributed by atoms with Crippen molar-refractivity contribution in [1.29, 1.82) is 0 Å². The zero-order chi connectivity index (χ0) is 26.0. The first-order valence-corrected chi connectivity index (χ1v) is 13.4. The standard InChI is InChI=1S/C26H41N3O5S/c1-19(2)14-22(17-35-18-23(27)30)29(25(32)34-26(3,4)5)15-21-12-9-13-28(21)24(31)33-16-20-10-7-6-8-11-20/h6-8,10-11,19,21-22H,9,12-18H2,1-5H3,(H2,27,30). The summed E-state index contributed by atoms with van der Waals surface area (Å²) in [5.41, 5.74) is 5.61. The summed E-state index contributed by atoms with van der Waals surface area (Å²) in [6.07, 6.45) is 1.59. The average Bonchev–Trinajstić information content (AvgIpc) is 3.22. The quantitative estimate of drug-likeness (QED) is 0.467. The van der Waals surface area contributed by atoms with Crippen LogP contribution in [0, 0.1) is 5.92 Å². The second-order valence-corrected chi connectivity index (χ2v) is 11.5. The maximum absolute atomic E-state index is 13.3. The zero-order valence-corrected chi connectivity index (χ0v) is 22.5. The molecule has 1 aromatic carbocycles. The molecule has 0 aliphatic carbocycles. The minimum Gasteiger partial charge on any atom is -0.445 e. The molecule has 9 heteroatoms. The Kier molecular flexibility index (Phi) is 11.2. The number of primary amides is 1. The topological polar surface area (TPSA) is 102 Å². The molecule has 3 amide bonds. The second-order valence-electron chi connectivity index (χ2n) is 10.4. The van der Waals surface area contributed by atoms with Gasteiger partial charge >= 0.3 is 12.2 Å². The first kappa shape index (κ1) is 28.8. The SMILES string of the molecule is CC(C)CC(CSCC(N)=O)N(CC1CCCN1C(=O)OCc1ccccc1)C(=O)OC(C)(C)C. The molecule has 0 bridgehead atoms. The van der Waals surface area contributed by atoms with Crippen molar-refractivity contribution in [3.8, 4) is 0 Å². The van der Waals surface area contributed by atoms with E-state index in [9.17, 15) is 14.4 Å². The van der Waals surface area contributed by atoms with Crippen molar-refractivity contribution in [2.24, 2.45) is 11.7 Å². The third kappa shape index (κ3) is 10.4. The van der Waals surface area contributed by atoms with Gasteiger partial charge in [0.2, 0.25) is 5.91 Å². The molecule has 1 saturated heterocycles. The summed E-state index contributed by atoms with van der Waals surface area (Å²) in [6.45, 7) is 10.9. The van der Waals surface area contributed by atoms with E-state index in [1.165, 1.54) is 11.8 Å². The number of benzene rings is 1. The van der Waals surface area contributed by atoms with Gasteiger partial charge in [-0.15, -0.1) is 11.8 Å². The Morgan fingerprint density at radius 3 is 2.49 bits per heavy atom. The van der Waals surface area contributed by atoms with E-state index in [0.29, 0.717) is 24.8 Å². The number of hydrogen-bond donors (Lipinski definition) is 1. The highest BCUT2D eigenvalue weighted by atomic mass is 32.2. The summed E-state index contributed by atoms with van der Waals surface area (Å²) in [5, 5.41) is 0. The van der Waals surface area contributed by atoms with Crippen molar-refractivity contribution in [2.45, 2.75) is 78.2 Å². The van der Waals surface area contributed by atoms with Gasteiger partial charge in [-0.25, -0.2) is 9.59 Å². The Hall–Kier alpha value is -2.42. The molecule has 196 valence electrons. The maximum atomic E-state index is 13.3. The molecule has 1 heterocycles. The number of carbonyl (C=O) groups is 3. The Bertz CT molecular complexity index is 828. The maximum Gasteiger partial charge on any atom is 0.410 e. The van der Waals surface area contributed by atoms with Crippen LogP contribution in [-0.4, -0.2) is 70.2 Å². The smallest absolute Gasteiger partial charge is 0.410 e. The van der Waals surface area contributed by atoms with Crippen molar-refractivity contribution in [3.63, 3.8) is 0 Å². The molecule has 2 atom stereocenters. The largest absolute Gasteiger partial charge is 0.445 e. The molecule has 0 aromatic heterocycles. The van der Waals surface area contributed by atoms with Crippen molar-refractivity contribution < 1.29 is 23.9 Å². The summed E-state index contributed by atoms with van der Waals surface area (Å²) >= 11 is 1.42. The van der Waals surface area contributed by atoms with E-state index < -0.39 is 11.7 Å². The van der Waals surface area contributed by atoms with Gasteiger partial charge in [-0.1, -0.05) is 44.2 Å². The molecular formula is C26H41N3O5S. The molecule has 2 unspecified atom stereocenters. The lowest BCUT2D eigenvalue weighted by molar-refractivity contribution is -0.115. The van der Waals surface area contributed by atoms with Crippen LogP contribution in [0.25, 0.3) is 0 Å². The first-order valence-electron chi connectivity index (χ1n) is 12.3. The van der Waals surface area contributed by atoms with Crippen LogP contribution in [-0.2, 0) is 20.9 Å². The predicted molar refractivity (Wildman–Crippen MR) is 139 cm³/mol. The normalized spacial score (nSPS) is 16.7. The summed E-state index contributed by atoms with van der Waals surface area (Å²) in [7, 11) is 0. The number of nitrogens with zero attached hydrogens (tertiary/aromatic N) is 2. The molecule has 8 nitrogen and oxygen atoms in total. The lowest BCUT2D eigenvalue weighted by Crippen LogP contribution is -2.51. The van der Waals surface area contributed by atoms with Gasteiger partial charge in [0.25, 0.3) is 0 Å². The van der Waals surface area contributed by atoms with Gasteiger partial charge in [0.05, 0.1) is 11.8 Å². The van der Waals surface area contributed by atoms with Crippen LogP contribution in [0.5, 0.6) is 0 Å². The fourth-order valence-electron chi connectivity index (χ4n) is 4.11. The first-order chi connectivity index (χ1) is 16.5. The van der Waals surface area contributed by atoms with Crippen LogP contribution in [0.15, 0.2) is 30.3 Å². The molecule has 0 spiro atoms. The summed E-state index contributed by atoms with van der Waals surface area (Å²) in [4.78, 5) is 41.0. The summed E-state index contributed by atoms with van der Waals surface area (Å²) < 4.78 is 11.3. The summed E-state index contributed by atoms with van der Waals surface area (Å²) in [6, 6.07) is 9.25. The van der Waals surface area contributed by atoms with Gasteiger partial charge in [0, 0.05) is 24.9 Å². The van der Waals surface area contributed by atoms with E-state index in [1.807, 2.05) is 51.1 Å². The lowest BCUT2D eigenvalue weighted by Gasteiger charge is -2.37. The molecule has 2 N–H and O–H groups in total. The number of likely N-dealkylation sites (tertiary alicyclic amines) is 1. The van der Waals surface area contributed by atoms with Gasteiger partial charge in [0.1, 0.15) is 12.2 Å². The van der Waals surface area contributed by atoms with E-state index in [4.69, 9.17) is 15.2 Å². The molecule has 1 aliphatic heterocycles. The fraction of sp³-hybridized carbons (Fsp3) is 0.654. The van der Waals surface area contributed by atoms with Crippen LogP contribution in [0.1, 0.15) is 59.4 Å². The van der Waals surface area contributed by atoms with Crippen LogP contribution in [0.2, 0.25) is 0 Å². The third-order valence-electron chi connectivity index (χ3n) is 5.59. The Morgan fingerprint density at radius 2 is 1.89 bits per heavy atom. The van der Waals surface area contributed by atoms with Gasteiger partial charge in [-0.2, -0.15) is 0 Å². The van der Waals surface area contributed by atoms with Gasteiger partial charge in [-0.3, -0.25) is 4.79 Å². The Morgan fingerprint density at radius 1 is 1.20 bits per heavy atom. The number of rotatable bonds is 11. The molecule has 0 radical (unpaired) electrons. The van der Waals surface area contributed by atoms with E-state index >= 15 is 0 Å². The number of amides is 3. The third-order valence-corrected chi connectivity index (χ3v) is 6.70. The molecule has 1 aliphatic rings. The number of carbonyl (C=O) groups excluding carboxylic acids is 3. The van der Waals surface area contributed by atoms with Gasteiger partial charge in [-0.05, 0) is 51.5 Å². The highest BCUT2D eigenvalue weighted by molar-refractivity contribution is 7.99. The highest BCUT2D eigenvalue weighted by Gasteiger charge is 2.36. The van der Waals surface area contributed by atoms with Crippen molar-refractivity contribution in [2.75, 3.05) is 24.6 Å². The number of hydrogen-bond acceptors (Lipinski definition) is 6. The van der Waals surface area contributed by atoms with E-state index in [2.05, 4.69) is 13.8 Å².